The molecule has 3 heteroatoms. The highest BCUT2D eigenvalue weighted by Gasteiger charge is 2.24. The molecular weight excluding hydrogens is 224 g/mol. The Bertz CT molecular complexity index is 255. The normalized spacial score (nSPS) is 23.8. The minimum atomic E-state index is 0.0688. The standard InChI is InChI=1S/C15H28N2O/c1-2-14(12-8-4-3-5-9-12)17-15(18)16-13-10-6-7-11-13/h12-14H,2-11H2,1H3,(H2,16,17,18). The molecule has 2 aliphatic carbocycles. The van der Waals surface area contributed by atoms with Gasteiger partial charge in [0.15, 0.2) is 0 Å². The largest absolute Gasteiger partial charge is 0.335 e. The van der Waals surface area contributed by atoms with Crippen molar-refractivity contribution in [3.8, 4) is 0 Å². The van der Waals surface area contributed by atoms with Gasteiger partial charge >= 0.3 is 6.03 Å². The van der Waals surface area contributed by atoms with Crippen LogP contribution in [0.1, 0.15) is 71.1 Å². The summed E-state index contributed by atoms with van der Waals surface area (Å²) in [6, 6.07) is 0.875. The highest BCUT2D eigenvalue weighted by Crippen LogP contribution is 2.27. The van der Waals surface area contributed by atoms with Gasteiger partial charge in [0.2, 0.25) is 0 Å². The van der Waals surface area contributed by atoms with E-state index in [1.165, 1.54) is 44.9 Å². The van der Waals surface area contributed by atoms with E-state index in [4.69, 9.17) is 0 Å². The fourth-order valence-electron chi connectivity index (χ4n) is 3.56. The summed E-state index contributed by atoms with van der Waals surface area (Å²) in [5.41, 5.74) is 0. The van der Waals surface area contributed by atoms with E-state index >= 15 is 0 Å². The van der Waals surface area contributed by atoms with Crippen LogP contribution in [0.15, 0.2) is 0 Å². The van der Waals surface area contributed by atoms with Crippen molar-refractivity contribution in [1.29, 1.82) is 0 Å². The van der Waals surface area contributed by atoms with Gasteiger partial charge in [-0.3, -0.25) is 0 Å². The first kappa shape index (κ1) is 13.7. The number of carbonyl (C=O) groups is 1. The molecule has 0 bridgehead atoms. The Labute approximate surface area is 111 Å². The van der Waals surface area contributed by atoms with E-state index in [0.29, 0.717) is 18.0 Å². The van der Waals surface area contributed by atoms with Crippen molar-refractivity contribution in [3.05, 3.63) is 0 Å². The second kappa shape index (κ2) is 7.01. The second-order valence-electron chi connectivity index (χ2n) is 6.01. The quantitative estimate of drug-likeness (QED) is 0.789. The van der Waals surface area contributed by atoms with E-state index < -0.39 is 0 Å². The number of urea groups is 1. The molecule has 0 heterocycles. The first-order valence-electron chi connectivity index (χ1n) is 7.86. The van der Waals surface area contributed by atoms with E-state index in [2.05, 4.69) is 17.6 Å². The van der Waals surface area contributed by atoms with Crippen molar-refractivity contribution in [2.24, 2.45) is 5.92 Å². The lowest BCUT2D eigenvalue weighted by atomic mass is 9.83. The molecule has 0 radical (unpaired) electrons. The molecule has 1 unspecified atom stereocenters. The molecule has 0 saturated heterocycles. The molecule has 0 aromatic rings. The summed E-state index contributed by atoms with van der Waals surface area (Å²) < 4.78 is 0. The average molecular weight is 252 g/mol. The molecule has 104 valence electrons. The van der Waals surface area contributed by atoms with Gasteiger partial charge in [-0.25, -0.2) is 4.79 Å². The van der Waals surface area contributed by atoms with Crippen LogP contribution in [0.4, 0.5) is 4.79 Å². The molecule has 0 aromatic carbocycles. The molecule has 2 saturated carbocycles. The summed E-state index contributed by atoms with van der Waals surface area (Å²) >= 11 is 0. The van der Waals surface area contributed by atoms with Crippen LogP contribution in [0.25, 0.3) is 0 Å². The maximum atomic E-state index is 12.0. The lowest BCUT2D eigenvalue weighted by Gasteiger charge is -2.30. The second-order valence-corrected chi connectivity index (χ2v) is 6.01. The maximum absolute atomic E-state index is 12.0. The van der Waals surface area contributed by atoms with E-state index in [1.54, 1.807) is 0 Å². The summed E-state index contributed by atoms with van der Waals surface area (Å²) in [6.45, 7) is 2.19. The van der Waals surface area contributed by atoms with Crippen molar-refractivity contribution in [3.63, 3.8) is 0 Å². The summed E-state index contributed by atoms with van der Waals surface area (Å²) in [7, 11) is 0. The topological polar surface area (TPSA) is 41.1 Å². The van der Waals surface area contributed by atoms with Crippen LogP contribution in [-0.2, 0) is 0 Å². The van der Waals surface area contributed by atoms with Crippen LogP contribution < -0.4 is 10.6 Å². The average Bonchev–Trinajstić information content (AvgIpc) is 2.90. The van der Waals surface area contributed by atoms with Crippen molar-refractivity contribution < 1.29 is 4.79 Å². The smallest absolute Gasteiger partial charge is 0.315 e. The molecule has 2 amide bonds. The molecule has 3 nitrogen and oxygen atoms in total. The fourth-order valence-corrected chi connectivity index (χ4v) is 3.56. The number of carbonyl (C=O) groups excluding carboxylic acids is 1. The monoisotopic (exact) mass is 252 g/mol. The Hall–Kier alpha value is -0.730. The fraction of sp³-hybridized carbons (Fsp3) is 0.933. The lowest BCUT2D eigenvalue weighted by molar-refractivity contribution is 0.216. The van der Waals surface area contributed by atoms with E-state index in [9.17, 15) is 4.79 Å². The van der Waals surface area contributed by atoms with Gasteiger partial charge in [-0.1, -0.05) is 39.0 Å². The maximum Gasteiger partial charge on any atom is 0.315 e. The Kier molecular flexibility index (Phi) is 5.33. The summed E-state index contributed by atoms with van der Waals surface area (Å²) in [5.74, 6) is 0.707. The zero-order valence-corrected chi connectivity index (χ0v) is 11.7. The zero-order valence-electron chi connectivity index (χ0n) is 11.7. The van der Waals surface area contributed by atoms with Crippen LogP contribution >= 0.6 is 0 Å². The molecule has 18 heavy (non-hydrogen) atoms. The third-order valence-corrected chi connectivity index (χ3v) is 4.67. The Morgan fingerprint density at radius 1 is 1.06 bits per heavy atom. The molecule has 2 aliphatic rings. The van der Waals surface area contributed by atoms with Gasteiger partial charge in [-0.05, 0) is 38.0 Å². The summed E-state index contributed by atoms with van der Waals surface area (Å²) in [6.07, 6.45) is 12.6. The van der Waals surface area contributed by atoms with Gasteiger partial charge in [-0.2, -0.15) is 0 Å². The van der Waals surface area contributed by atoms with Crippen LogP contribution in [0.2, 0.25) is 0 Å². The van der Waals surface area contributed by atoms with Gasteiger partial charge in [-0.15, -0.1) is 0 Å². The van der Waals surface area contributed by atoms with Gasteiger partial charge < -0.3 is 10.6 Å². The first-order chi connectivity index (χ1) is 8.79. The third kappa shape index (κ3) is 3.89. The van der Waals surface area contributed by atoms with E-state index in [1.807, 2.05) is 0 Å². The van der Waals surface area contributed by atoms with Gasteiger partial charge in [0.1, 0.15) is 0 Å². The van der Waals surface area contributed by atoms with Gasteiger partial charge in [0, 0.05) is 12.1 Å². The van der Waals surface area contributed by atoms with Gasteiger partial charge in [0.25, 0.3) is 0 Å². The molecule has 2 fully saturated rings. The molecule has 1 atom stereocenters. The first-order valence-corrected chi connectivity index (χ1v) is 7.86. The minimum Gasteiger partial charge on any atom is -0.335 e. The van der Waals surface area contributed by atoms with E-state index in [-0.39, 0.29) is 6.03 Å². The highest BCUT2D eigenvalue weighted by atomic mass is 16.2. The Balaban J connectivity index is 1.75. The number of hydrogen-bond donors (Lipinski definition) is 2. The van der Waals surface area contributed by atoms with E-state index in [0.717, 1.165) is 19.3 Å². The van der Waals surface area contributed by atoms with Crippen molar-refractivity contribution in [2.45, 2.75) is 83.2 Å². The predicted octanol–water partition coefficient (Wildman–Crippen LogP) is 3.59. The molecule has 2 N–H and O–H groups in total. The molecule has 0 spiro atoms. The van der Waals surface area contributed by atoms with Crippen molar-refractivity contribution in [1.82, 2.24) is 10.6 Å². The predicted molar refractivity (Wildman–Crippen MR) is 74.6 cm³/mol. The van der Waals surface area contributed by atoms with Crippen molar-refractivity contribution in [2.75, 3.05) is 0 Å². The third-order valence-electron chi connectivity index (χ3n) is 4.67. The molecular formula is C15H28N2O. The zero-order chi connectivity index (χ0) is 12.8. The Morgan fingerprint density at radius 3 is 2.28 bits per heavy atom. The molecule has 0 aromatic heterocycles. The van der Waals surface area contributed by atoms with Crippen molar-refractivity contribution >= 4 is 6.03 Å². The highest BCUT2D eigenvalue weighted by molar-refractivity contribution is 5.74. The van der Waals surface area contributed by atoms with Crippen LogP contribution in [-0.4, -0.2) is 18.1 Å². The molecule has 2 rings (SSSR count). The van der Waals surface area contributed by atoms with Crippen LogP contribution in [0, 0.1) is 5.92 Å². The molecule has 0 aliphatic heterocycles. The van der Waals surface area contributed by atoms with Crippen LogP contribution in [0.3, 0.4) is 0 Å². The number of amides is 2. The number of hydrogen-bond acceptors (Lipinski definition) is 1. The Morgan fingerprint density at radius 2 is 1.67 bits per heavy atom. The number of rotatable bonds is 4. The SMILES string of the molecule is CCC(NC(=O)NC1CCCC1)C1CCCCC1. The summed E-state index contributed by atoms with van der Waals surface area (Å²) in [5, 5.41) is 6.35. The van der Waals surface area contributed by atoms with Gasteiger partial charge in [0.05, 0.1) is 0 Å². The lowest BCUT2D eigenvalue weighted by Crippen LogP contribution is -2.48. The number of nitrogens with one attached hydrogen (secondary N) is 2. The minimum absolute atomic E-state index is 0.0688. The summed E-state index contributed by atoms with van der Waals surface area (Å²) in [4.78, 5) is 12.0. The van der Waals surface area contributed by atoms with Crippen LogP contribution in [0.5, 0.6) is 0 Å².